The molecule has 0 unspecified atom stereocenters. The van der Waals surface area contributed by atoms with Crippen molar-refractivity contribution in [2.24, 2.45) is 11.3 Å². The van der Waals surface area contributed by atoms with Gasteiger partial charge >= 0.3 is 0 Å². The van der Waals surface area contributed by atoms with Gasteiger partial charge in [0.25, 0.3) is 0 Å². The van der Waals surface area contributed by atoms with Crippen LogP contribution in [0.1, 0.15) is 32.1 Å². The topological polar surface area (TPSA) is 53.5 Å². The second-order valence-electron chi connectivity index (χ2n) is 7.06. The van der Waals surface area contributed by atoms with E-state index in [1.54, 1.807) is 11.1 Å². The Morgan fingerprint density at radius 3 is 2.91 bits per heavy atom. The van der Waals surface area contributed by atoms with E-state index < -0.39 is 0 Å². The number of nitrogens with zero attached hydrogens (tertiary/aromatic N) is 3. The first-order valence-electron chi connectivity index (χ1n) is 8.14. The lowest BCUT2D eigenvalue weighted by Crippen LogP contribution is -2.34. The molecule has 2 saturated heterocycles. The molecule has 1 aromatic heterocycles. The number of hydrogen-bond donors (Lipinski definition) is 0. The number of pyridine rings is 1. The summed E-state index contributed by atoms with van der Waals surface area (Å²) in [5.74, 6) is 1.77. The average molecular weight is 299 g/mol. The Bertz CT molecular complexity index is 599. The normalized spacial score (nSPS) is 27.9. The number of amides is 2. The Morgan fingerprint density at radius 1 is 1.32 bits per heavy atom. The van der Waals surface area contributed by atoms with Crippen molar-refractivity contribution in [3.8, 4) is 0 Å². The van der Waals surface area contributed by atoms with Gasteiger partial charge in [-0.2, -0.15) is 0 Å². The summed E-state index contributed by atoms with van der Waals surface area (Å²) < 4.78 is 0. The van der Waals surface area contributed by atoms with Gasteiger partial charge in [0.2, 0.25) is 11.8 Å². The fraction of sp³-hybridized carbons (Fsp3) is 0.588. The van der Waals surface area contributed by atoms with Crippen LogP contribution in [0, 0.1) is 11.3 Å². The van der Waals surface area contributed by atoms with E-state index in [1.165, 1.54) is 12.8 Å². The Hall–Kier alpha value is -1.91. The molecule has 1 aliphatic carbocycles. The lowest BCUT2D eigenvalue weighted by atomic mass is 9.86. The Kier molecular flexibility index (Phi) is 3.17. The third-order valence-electron chi connectivity index (χ3n) is 5.20. The predicted octanol–water partition coefficient (Wildman–Crippen LogP) is 1.84. The standard InChI is InChI=1S/C17H21N3O2/c21-15(9-13-4-5-13)19-8-6-17(11-19)10-16(22)20(12-17)14-3-1-2-7-18-14/h1-3,7,13H,4-6,8-12H2/t17-/m1/s1. The van der Waals surface area contributed by atoms with Gasteiger partial charge in [0.1, 0.15) is 5.82 Å². The molecule has 5 nitrogen and oxygen atoms in total. The number of anilines is 1. The van der Waals surface area contributed by atoms with Crippen molar-refractivity contribution in [3.63, 3.8) is 0 Å². The van der Waals surface area contributed by atoms with Crippen LogP contribution in [0.15, 0.2) is 24.4 Å². The second-order valence-corrected chi connectivity index (χ2v) is 7.06. The van der Waals surface area contributed by atoms with Crippen LogP contribution in [0.5, 0.6) is 0 Å². The van der Waals surface area contributed by atoms with Gasteiger partial charge in [0.05, 0.1) is 0 Å². The van der Waals surface area contributed by atoms with Crippen LogP contribution in [0.3, 0.4) is 0 Å². The third kappa shape index (κ3) is 2.49. The summed E-state index contributed by atoms with van der Waals surface area (Å²) in [5.41, 5.74) is -0.0617. The fourth-order valence-electron chi connectivity index (χ4n) is 3.74. The molecule has 0 radical (unpaired) electrons. The molecule has 2 aliphatic heterocycles. The van der Waals surface area contributed by atoms with Crippen molar-refractivity contribution in [1.29, 1.82) is 0 Å². The quantitative estimate of drug-likeness (QED) is 0.855. The number of rotatable bonds is 3. The van der Waals surface area contributed by atoms with Crippen LogP contribution in [-0.4, -0.2) is 41.3 Å². The lowest BCUT2D eigenvalue weighted by molar-refractivity contribution is -0.131. The highest BCUT2D eigenvalue weighted by Gasteiger charge is 2.49. The molecule has 3 aliphatic rings. The van der Waals surface area contributed by atoms with Crippen LogP contribution >= 0.6 is 0 Å². The van der Waals surface area contributed by atoms with E-state index in [0.29, 0.717) is 25.3 Å². The zero-order valence-electron chi connectivity index (χ0n) is 12.7. The van der Waals surface area contributed by atoms with Gasteiger partial charge in [0, 0.05) is 44.1 Å². The second kappa shape index (κ2) is 5.07. The van der Waals surface area contributed by atoms with Gasteiger partial charge in [-0.25, -0.2) is 4.98 Å². The van der Waals surface area contributed by atoms with Crippen molar-refractivity contribution in [3.05, 3.63) is 24.4 Å². The van der Waals surface area contributed by atoms with Crippen LogP contribution in [0.4, 0.5) is 5.82 Å². The van der Waals surface area contributed by atoms with Crippen molar-refractivity contribution in [1.82, 2.24) is 9.88 Å². The van der Waals surface area contributed by atoms with Gasteiger partial charge < -0.3 is 4.90 Å². The largest absolute Gasteiger partial charge is 0.342 e. The maximum absolute atomic E-state index is 12.4. The fourth-order valence-corrected chi connectivity index (χ4v) is 3.74. The monoisotopic (exact) mass is 299 g/mol. The van der Waals surface area contributed by atoms with E-state index in [-0.39, 0.29) is 17.2 Å². The number of aromatic nitrogens is 1. The SMILES string of the molecule is O=C(CC1CC1)N1CC[C@@]2(CC(=O)N(c3ccccn3)C2)C1. The van der Waals surface area contributed by atoms with Gasteiger partial charge in [-0.15, -0.1) is 0 Å². The summed E-state index contributed by atoms with van der Waals surface area (Å²) in [6.07, 6.45) is 6.30. The molecule has 3 fully saturated rings. The van der Waals surface area contributed by atoms with E-state index in [2.05, 4.69) is 4.98 Å². The summed E-state index contributed by atoms with van der Waals surface area (Å²) in [6.45, 7) is 2.22. The van der Waals surface area contributed by atoms with Crippen LogP contribution < -0.4 is 4.90 Å². The molecular weight excluding hydrogens is 278 g/mol. The first-order valence-corrected chi connectivity index (χ1v) is 8.14. The molecule has 0 N–H and O–H groups in total. The summed E-state index contributed by atoms with van der Waals surface area (Å²) >= 11 is 0. The lowest BCUT2D eigenvalue weighted by Gasteiger charge is -2.24. The molecule has 0 aromatic carbocycles. The van der Waals surface area contributed by atoms with Crippen LogP contribution in [-0.2, 0) is 9.59 Å². The molecule has 1 aromatic rings. The van der Waals surface area contributed by atoms with E-state index in [1.807, 2.05) is 23.1 Å². The molecule has 1 saturated carbocycles. The van der Waals surface area contributed by atoms with Gasteiger partial charge in [-0.1, -0.05) is 6.07 Å². The number of carbonyl (C=O) groups excluding carboxylic acids is 2. The average Bonchev–Trinajstić information content (AvgIpc) is 3.15. The van der Waals surface area contributed by atoms with Crippen molar-refractivity contribution < 1.29 is 9.59 Å². The molecule has 3 heterocycles. The van der Waals surface area contributed by atoms with Gasteiger partial charge in [-0.3, -0.25) is 14.5 Å². The zero-order chi connectivity index (χ0) is 15.2. The molecule has 116 valence electrons. The minimum absolute atomic E-state index is 0.0617. The van der Waals surface area contributed by atoms with E-state index in [0.717, 1.165) is 25.3 Å². The zero-order valence-corrected chi connectivity index (χ0v) is 12.7. The van der Waals surface area contributed by atoms with Gasteiger partial charge in [0.15, 0.2) is 0 Å². The van der Waals surface area contributed by atoms with Crippen LogP contribution in [0.25, 0.3) is 0 Å². The highest BCUT2D eigenvalue weighted by atomic mass is 16.2. The third-order valence-corrected chi connectivity index (χ3v) is 5.20. The maximum atomic E-state index is 12.4. The molecule has 2 amide bonds. The molecule has 0 bridgehead atoms. The molecule has 5 heteroatoms. The summed E-state index contributed by atoms with van der Waals surface area (Å²) in [5, 5.41) is 0. The van der Waals surface area contributed by atoms with E-state index in [4.69, 9.17) is 0 Å². The van der Waals surface area contributed by atoms with Gasteiger partial charge in [-0.05, 0) is 37.3 Å². The number of likely N-dealkylation sites (tertiary alicyclic amines) is 1. The number of carbonyl (C=O) groups is 2. The molecule has 1 atom stereocenters. The predicted molar refractivity (Wildman–Crippen MR) is 82.2 cm³/mol. The van der Waals surface area contributed by atoms with E-state index >= 15 is 0 Å². The Balaban J connectivity index is 1.45. The summed E-state index contributed by atoms with van der Waals surface area (Å²) in [4.78, 5) is 32.7. The number of hydrogen-bond acceptors (Lipinski definition) is 3. The molecule has 1 spiro atoms. The summed E-state index contributed by atoms with van der Waals surface area (Å²) in [6, 6.07) is 5.64. The smallest absolute Gasteiger partial charge is 0.228 e. The first kappa shape index (κ1) is 13.7. The molecule has 22 heavy (non-hydrogen) atoms. The van der Waals surface area contributed by atoms with E-state index in [9.17, 15) is 9.59 Å². The maximum Gasteiger partial charge on any atom is 0.228 e. The highest BCUT2D eigenvalue weighted by Crippen LogP contribution is 2.42. The Morgan fingerprint density at radius 2 is 2.18 bits per heavy atom. The highest BCUT2D eigenvalue weighted by molar-refractivity contribution is 5.95. The minimum Gasteiger partial charge on any atom is -0.342 e. The minimum atomic E-state index is -0.0617. The Labute approximate surface area is 130 Å². The van der Waals surface area contributed by atoms with Crippen LogP contribution in [0.2, 0.25) is 0 Å². The van der Waals surface area contributed by atoms with Crippen molar-refractivity contribution in [2.45, 2.75) is 32.1 Å². The molecule has 4 rings (SSSR count). The van der Waals surface area contributed by atoms with Crippen molar-refractivity contribution in [2.75, 3.05) is 24.5 Å². The molecular formula is C17H21N3O2. The first-order chi connectivity index (χ1) is 10.7. The van der Waals surface area contributed by atoms with Crippen molar-refractivity contribution >= 4 is 17.6 Å². The summed E-state index contributed by atoms with van der Waals surface area (Å²) in [7, 11) is 0.